The predicted octanol–water partition coefficient (Wildman–Crippen LogP) is 4.64. The summed E-state index contributed by atoms with van der Waals surface area (Å²) in [4.78, 5) is 12.8. The van der Waals surface area contributed by atoms with Gasteiger partial charge in [0, 0.05) is 17.5 Å². The van der Waals surface area contributed by atoms with Crippen LogP contribution in [0.2, 0.25) is 0 Å². The first-order chi connectivity index (χ1) is 11.2. The highest BCUT2D eigenvalue weighted by Gasteiger charge is 2.34. The number of hydrogen-bond acceptors (Lipinski definition) is 2. The summed E-state index contributed by atoms with van der Waals surface area (Å²) in [6.45, 7) is 10.2. The zero-order valence-corrected chi connectivity index (χ0v) is 15.1. The lowest BCUT2D eigenvalue weighted by molar-refractivity contribution is 0.0619. The van der Waals surface area contributed by atoms with E-state index in [1.54, 1.807) is 0 Å². The molecule has 3 rings (SSSR count). The molecule has 1 heterocycles. The highest BCUT2D eigenvalue weighted by atomic mass is 16.5. The van der Waals surface area contributed by atoms with Gasteiger partial charge in [-0.3, -0.25) is 4.79 Å². The number of rotatable bonds is 2. The molecular weight excluding hydrogens is 298 g/mol. The molecule has 1 aliphatic heterocycles. The standard InChI is InChI=1S/C21H25NO2/c1-13-6-8-15(3)16(10-13)20(23)22-18-12-21(4,5)24-19-9-7-14(2)11-17(18)19/h6-11,18H,12H2,1-5H3,(H,22,23)/t18-/m1/s1. The number of amides is 1. The molecule has 0 spiro atoms. The maximum atomic E-state index is 12.8. The lowest BCUT2D eigenvalue weighted by Gasteiger charge is -2.38. The number of carbonyl (C=O) groups is 1. The van der Waals surface area contributed by atoms with Gasteiger partial charge < -0.3 is 10.1 Å². The predicted molar refractivity (Wildman–Crippen MR) is 96.6 cm³/mol. The second-order valence-corrected chi connectivity index (χ2v) is 7.45. The Labute approximate surface area is 144 Å². The summed E-state index contributed by atoms with van der Waals surface area (Å²) >= 11 is 0. The van der Waals surface area contributed by atoms with Crippen molar-refractivity contribution in [2.24, 2.45) is 0 Å². The monoisotopic (exact) mass is 323 g/mol. The van der Waals surface area contributed by atoms with E-state index in [1.165, 1.54) is 5.56 Å². The molecule has 0 aliphatic carbocycles. The van der Waals surface area contributed by atoms with Gasteiger partial charge in [-0.2, -0.15) is 0 Å². The van der Waals surface area contributed by atoms with Crippen molar-refractivity contribution in [3.63, 3.8) is 0 Å². The fourth-order valence-electron chi connectivity index (χ4n) is 3.32. The summed E-state index contributed by atoms with van der Waals surface area (Å²) in [5.41, 5.74) is 4.76. The van der Waals surface area contributed by atoms with Gasteiger partial charge in [0.15, 0.2) is 0 Å². The van der Waals surface area contributed by atoms with E-state index in [1.807, 2.05) is 44.2 Å². The Balaban J connectivity index is 1.93. The third-order valence-corrected chi connectivity index (χ3v) is 4.57. The van der Waals surface area contributed by atoms with E-state index < -0.39 is 0 Å². The molecule has 0 aromatic heterocycles. The van der Waals surface area contributed by atoms with E-state index in [0.29, 0.717) is 0 Å². The molecule has 0 saturated heterocycles. The van der Waals surface area contributed by atoms with Crippen LogP contribution in [0.3, 0.4) is 0 Å². The highest BCUT2D eigenvalue weighted by Crippen LogP contribution is 2.40. The van der Waals surface area contributed by atoms with Crippen LogP contribution in [0.5, 0.6) is 5.75 Å². The molecule has 0 saturated carbocycles. The van der Waals surface area contributed by atoms with Crippen molar-refractivity contribution < 1.29 is 9.53 Å². The van der Waals surface area contributed by atoms with Crippen LogP contribution in [-0.2, 0) is 0 Å². The van der Waals surface area contributed by atoms with Gasteiger partial charge in [-0.15, -0.1) is 0 Å². The molecule has 0 fully saturated rings. The Kier molecular flexibility index (Phi) is 4.12. The molecule has 24 heavy (non-hydrogen) atoms. The molecular formula is C21H25NO2. The second kappa shape index (κ2) is 5.97. The zero-order chi connectivity index (χ0) is 17.5. The van der Waals surface area contributed by atoms with Crippen LogP contribution in [-0.4, -0.2) is 11.5 Å². The summed E-state index contributed by atoms with van der Waals surface area (Å²) in [6, 6.07) is 12.1. The van der Waals surface area contributed by atoms with E-state index >= 15 is 0 Å². The molecule has 1 atom stereocenters. The summed E-state index contributed by atoms with van der Waals surface area (Å²) in [5, 5.41) is 3.22. The summed E-state index contributed by atoms with van der Waals surface area (Å²) in [7, 11) is 0. The third-order valence-electron chi connectivity index (χ3n) is 4.57. The van der Waals surface area contributed by atoms with Gasteiger partial charge in [-0.05, 0) is 52.3 Å². The van der Waals surface area contributed by atoms with E-state index in [0.717, 1.165) is 34.4 Å². The fraction of sp³-hybridized carbons (Fsp3) is 0.381. The van der Waals surface area contributed by atoms with Crippen LogP contribution >= 0.6 is 0 Å². The second-order valence-electron chi connectivity index (χ2n) is 7.45. The van der Waals surface area contributed by atoms with Crippen molar-refractivity contribution in [1.82, 2.24) is 5.32 Å². The maximum Gasteiger partial charge on any atom is 0.252 e. The van der Waals surface area contributed by atoms with Crippen LogP contribution in [0.15, 0.2) is 36.4 Å². The SMILES string of the molecule is Cc1ccc(C)c(C(=O)N[C@@H]2CC(C)(C)Oc3ccc(C)cc32)c1. The number of ether oxygens (including phenoxy) is 1. The minimum atomic E-state index is -0.304. The molecule has 0 unspecified atom stereocenters. The largest absolute Gasteiger partial charge is 0.487 e. The Hall–Kier alpha value is -2.29. The third kappa shape index (κ3) is 3.30. The minimum absolute atomic E-state index is 0.0219. The Morgan fingerprint density at radius 3 is 2.50 bits per heavy atom. The van der Waals surface area contributed by atoms with Crippen LogP contribution < -0.4 is 10.1 Å². The van der Waals surface area contributed by atoms with Gasteiger partial charge in [-0.1, -0.05) is 35.4 Å². The van der Waals surface area contributed by atoms with Crippen molar-refractivity contribution in [2.45, 2.75) is 52.7 Å². The van der Waals surface area contributed by atoms with Gasteiger partial charge >= 0.3 is 0 Å². The van der Waals surface area contributed by atoms with Crippen molar-refractivity contribution >= 4 is 5.91 Å². The average Bonchev–Trinajstić information content (AvgIpc) is 2.49. The molecule has 2 aromatic carbocycles. The molecule has 3 heteroatoms. The van der Waals surface area contributed by atoms with Gasteiger partial charge in [-0.25, -0.2) is 0 Å². The normalized spacial score (nSPS) is 18.5. The molecule has 0 bridgehead atoms. The van der Waals surface area contributed by atoms with Crippen LogP contribution in [0.4, 0.5) is 0 Å². The number of fused-ring (bicyclic) bond motifs is 1. The Bertz CT molecular complexity index is 792. The lowest BCUT2D eigenvalue weighted by Crippen LogP contribution is -2.41. The molecule has 1 aliphatic rings. The lowest BCUT2D eigenvalue weighted by atomic mass is 9.88. The highest BCUT2D eigenvalue weighted by molar-refractivity contribution is 5.96. The van der Waals surface area contributed by atoms with Gasteiger partial charge in [0.2, 0.25) is 0 Å². The molecule has 126 valence electrons. The zero-order valence-electron chi connectivity index (χ0n) is 15.1. The van der Waals surface area contributed by atoms with Crippen molar-refractivity contribution in [3.8, 4) is 5.75 Å². The van der Waals surface area contributed by atoms with Gasteiger partial charge in [0.25, 0.3) is 5.91 Å². The molecule has 3 nitrogen and oxygen atoms in total. The first-order valence-electron chi connectivity index (χ1n) is 8.43. The number of nitrogens with one attached hydrogen (secondary N) is 1. The first-order valence-corrected chi connectivity index (χ1v) is 8.43. The van der Waals surface area contributed by atoms with E-state index in [-0.39, 0.29) is 17.6 Å². The smallest absolute Gasteiger partial charge is 0.252 e. The molecule has 1 amide bonds. The minimum Gasteiger partial charge on any atom is -0.487 e. The molecule has 1 N–H and O–H groups in total. The Morgan fingerprint density at radius 1 is 1.08 bits per heavy atom. The fourth-order valence-corrected chi connectivity index (χ4v) is 3.32. The Morgan fingerprint density at radius 2 is 1.75 bits per heavy atom. The van der Waals surface area contributed by atoms with Crippen molar-refractivity contribution in [3.05, 3.63) is 64.2 Å². The van der Waals surface area contributed by atoms with Crippen LogP contribution in [0, 0.1) is 20.8 Å². The van der Waals surface area contributed by atoms with E-state index in [4.69, 9.17) is 4.74 Å². The average molecular weight is 323 g/mol. The first kappa shape index (κ1) is 16.6. The summed E-state index contributed by atoms with van der Waals surface area (Å²) in [6.07, 6.45) is 0.750. The van der Waals surface area contributed by atoms with Crippen LogP contribution in [0.1, 0.15) is 58.9 Å². The maximum absolute atomic E-state index is 12.8. The number of aryl methyl sites for hydroxylation is 3. The van der Waals surface area contributed by atoms with Crippen LogP contribution in [0.25, 0.3) is 0 Å². The van der Waals surface area contributed by atoms with Crippen molar-refractivity contribution in [2.75, 3.05) is 0 Å². The summed E-state index contributed by atoms with van der Waals surface area (Å²) in [5.74, 6) is 0.842. The number of carbonyl (C=O) groups excluding carboxylic acids is 1. The topological polar surface area (TPSA) is 38.3 Å². The van der Waals surface area contributed by atoms with Crippen molar-refractivity contribution in [1.29, 1.82) is 0 Å². The summed E-state index contributed by atoms with van der Waals surface area (Å²) < 4.78 is 6.08. The van der Waals surface area contributed by atoms with E-state index in [2.05, 4.69) is 32.2 Å². The molecule has 0 radical (unpaired) electrons. The van der Waals surface area contributed by atoms with E-state index in [9.17, 15) is 4.79 Å². The quantitative estimate of drug-likeness (QED) is 0.874. The molecule has 2 aromatic rings. The number of hydrogen-bond donors (Lipinski definition) is 1. The number of benzene rings is 2. The van der Waals surface area contributed by atoms with Gasteiger partial charge in [0.1, 0.15) is 11.4 Å². The van der Waals surface area contributed by atoms with Gasteiger partial charge in [0.05, 0.1) is 6.04 Å².